The van der Waals surface area contributed by atoms with Crippen LogP contribution in [0.25, 0.3) is 0 Å². The molecule has 1 radical (unpaired) electrons. The fourth-order valence-corrected chi connectivity index (χ4v) is 1.61. The van der Waals surface area contributed by atoms with Crippen molar-refractivity contribution in [1.29, 1.82) is 0 Å². The second-order valence-corrected chi connectivity index (χ2v) is 4.11. The van der Waals surface area contributed by atoms with E-state index in [1.54, 1.807) is 0 Å². The molecule has 0 aromatic heterocycles. The molecule has 2 nitrogen and oxygen atoms in total. The van der Waals surface area contributed by atoms with Crippen molar-refractivity contribution in [3.8, 4) is 5.75 Å². The lowest BCUT2D eigenvalue weighted by molar-refractivity contribution is 0.107. The minimum Gasteiger partial charge on any atom is -0.493 e. The van der Waals surface area contributed by atoms with E-state index in [2.05, 4.69) is 6.07 Å². The molecule has 0 heterocycles. The van der Waals surface area contributed by atoms with Crippen LogP contribution in [0.4, 0.5) is 4.39 Å². The van der Waals surface area contributed by atoms with Crippen molar-refractivity contribution in [2.24, 2.45) is 0 Å². The summed E-state index contributed by atoms with van der Waals surface area (Å²) in [5.41, 5.74) is 1.15. The van der Waals surface area contributed by atoms with E-state index in [4.69, 9.17) is 9.47 Å². The molecule has 0 aliphatic rings. The summed E-state index contributed by atoms with van der Waals surface area (Å²) in [5.74, 6) is 0.122. The lowest BCUT2D eigenvalue weighted by Gasteiger charge is -2.06. The minimum absolute atomic E-state index is 0.311. The van der Waals surface area contributed by atoms with Crippen LogP contribution in [0.15, 0.2) is 48.5 Å². The Hall–Kier alpha value is -1.87. The highest BCUT2D eigenvalue weighted by atomic mass is 19.1. The molecule has 99 valence electrons. The van der Waals surface area contributed by atoms with Gasteiger partial charge in [-0.2, -0.15) is 0 Å². The van der Waals surface area contributed by atoms with Gasteiger partial charge in [0, 0.05) is 18.6 Å². The Morgan fingerprint density at radius 2 is 1.89 bits per heavy atom. The zero-order chi connectivity index (χ0) is 13.3. The van der Waals surface area contributed by atoms with Crippen LogP contribution < -0.4 is 4.74 Å². The first-order chi connectivity index (χ1) is 9.34. The van der Waals surface area contributed by atoms with E-state index in [9.17, 15) is 4.39 Å². The van der Waals surface area contributed by atoms with Crippen molar-refractivity contribution in [1.82, 2.24) is 0 Å². The fraction of sp³-hybridized carbons (Fsp3) is 0.250. The molecule has 0 fully saturated rings. The Labute approximate surface area is 112 Å². The third-order valence-corrected chi connectivity index (χ3v) is 2.54. The maximum Gasteiger partial charge on any atom is 0.130 e. The highest BCUT2D eigenvalue weighted by molar-refractivity contribution is 5.20. The number of halogens is 1. The maximum atomic E-state index is 12.9. The minimum atomic E-state index is -0.311. The molecule has 0 atom stereocenters. The van der Waals surface area contributed by atoms with Gasteiger partial charge in [0.05, 0.1) is 19.8 Å². The second-order valence-electron chi connectivity index (χ2n) is 4.11. The van der Waals surface area contributed by atoms with E-state index in [1.165, 1.54) is 18.2 Å². The predicted octanol–water partition coefficient (Wildman–Crippen LogP) is 3.61. The zero-order valence-electron chi connectivity index (χ0n) is 10.6. The molecule has 19 heavy (non-hydrogen) atoms. The molecule has 2 aromatic rings. The van der Waals surface area contributed by atoms with Gasteiger partial charge in [0.1, 0.15) is 11.6 Å². The Kier molecular flexibility index (Phi) is 5.38. The molecule has 2 aromatic carbocycles. The smallest absolute Gasteiger partial charge is 0.130 e. The van der Waals surface area contributed by atoms with Gasteiger partial charge >= 0.3 is 0 Å². The highest BCUT2D eigenvalue weighted by Crippen LogP contribution is 2.11. The van der Waals surface area contributed by atoms with E-state index in [0.717, 1.165) is 12.0 Å². The van der Waals surface area contributed by atoms with Crippen molar-refractivity contribution < 1.29 is 13.9 Å². The van der Waals surface area contributed by atoms with Crippen molar-refractivity contribution in [3.05, 3.63) is 66.0 Å². The largest absolute Gasteiger partial charge is 0.493 e. The Morgan fingerprint density at radius 1 is 1.05 bits per heavy atom. The van der Waals surface area contributed by atoms with Gasteiger partial charge in [0.25, 0.3) is 0 Å². The summed E-state index contributed by atoms with van der Waals surface area (Å²) in [4.78, 5) is 0. The van der Waals surface area contributed by atoms with E-state index in [-0.39, 0.29) is 5.82 Å². The normalized spacial score (nSPS) is 10.4. The number of rotatable bonds is 7. The summed E-state index contributed by atoms with van der Waals surface area (Å²) in [7, 11) is 0. The van der Waals surface area contributed by atoms with Gasteiger partial charge in [-0.15, -0.1) is 0 Å². The van der Waals surface area contributed by atoms with E-state index in [1.807, 2.05) is 30.3 Å². The van der Waals surface area contributed by atoms with Crippen LogP contribution in [-0.4, -0.2) is 13.2 Å². The summed E-state index contributed by atoms with van der Waals surface area (Å²) in [5, 5.41) is 0. The van der Waals surface area contributed by atoms with Crippen LogP contribution in [-0.2, 0) is 11.3 Å². The molecule has 0 amide bonds. The Balaban J connectivity index is 1.58. The monoisotopic (exact) mass is 259 g/mol. The number of hydrogen-bond acceptors (Lipinski definition) is 2. The van der Waals surface area contributed by atoms with Crippen LogP contribution >= 0.6 is 0 Å². The van der Waals surface area contributed by atoms with Gasteiger partial charge in [0.15, 0.2) is 0 Å². The van der Waals surface area contributed by atoms with Crippen molar-refractivity contribution in [2.75, 3.05) is 13.2 Å². The van der Waals surface area contributed by atoms with Crippen LogP contribution in [0.2, 0.25) is 0 Å². The molecular formula is C16H16FO2. The molecule has 0 spiro atoms. The topological polar surface area (TPSA) is 18.5 Å². The van der Waals surface area contributed by atoms with E-state index < -0.39 is 0 Å². The molecule has 0 aliphatic heterocycles. The second kappa shape index (κ2) is 7.54. The number of hydrogen-bond donors (Lipinski definition) is 0. The van der Waals surface area contributed by atoms with Gasteiger partial charge in [-0.25, -0.2) is 4.39 Å². The van der Waals surface area contributed by atoms with Crippen LogP contribution in [0.3, 0.4) is 0 Å². The van der Waals surface area contributed by atoms with Gasteiger partial charge < -0.3 is 9.47 Å². The highest BCUT2D eigenvalue weighted by Gasteiger charge is 1.97. The summed E-state index contributed by atoms with van der Waals surface area (Å²) < 4.78 is 23.7. The summed E-state index contributed by atoms with van der Waals surface area (Å²) in [6, 6.07) is 17.0. The molecule has 0 saturated carbocycles. The molecule has 3 heteroatoms. The SMILES string of the molecule is Fc1cc[c]c(OCCCOCc2ccccc2)c1. The molecule has 2 rings (SSSR count). The molecule has 0 unspecified atom stereocenters. The lowest BCUT2D eigenvalue weighted by atomic mass is 10.2. The third-order valence-electron chi connectivity index (χ3n) is 2.54. The van der Waals surface area contributed by atoms with Crippen LogP contribution in [0.1, 0.15) is 12.0 Å². The summed E-state index contributed by atoms with van der Waals surface area (Å²) in [6.07, 6.45) is 0.761. The average Bonchev–Trinajstić information content (AvgIpc) is 2.44. The number of benzene rings is 2. The van der Waals surface area contributed by atoms with Crippen molar-refractivity contribution >= 4 is 0 Å². The van der Waals surface area contributed by atoms with Crippen molar-refractivity contribution in [2.45, 2.75) is 13.0 Å². The Morgan fingerprint density at radius 3 is 2.68 bits per heavy atom. The van der Waals surface area contributed by atoms with Gasteiger partial charge in [0.2, 0.25) is 0 Å². The number of ether oxygens (including phenoxy) is 2. The third kappa shape index (κ3) is 5.10. The van der Waals surface area contributed by atoms with E-state index >= 15 is 0 Å². The van der Waals surface area contributed by atoms with Gasteiger partial charge in [-0.05, 0) is 17.7 Å². The van der Waals surface area contributed by atoms with Crippen molar-refractivity contribution in [3.63, 3.8) is 0 Å². The summed E-state index contributed by atoms with van der Waals surface area (Å²) >= 11 is 0. The maximum absolute atomic E-state index is 12.9. The fourth-order valence-electron chi connectivity index (χ4n) is 1.61. The average molecular weight is 259 g/mol. The quantitative estimate of drug-likeness (QED) is 0.707. The first-order valence-electron chi connectivity index (χ1n) is 6.26. The summed E-state index contributed by atoms with van der Waals surface area (Å²) in [6.45, 7) is 1.71. The lowest BCUT2D eigenvalue weighted by Crippen LogP contribution is -2.03. The Bertz CT molecular complexity index is 485. The van der Waals surface area contributed by atoms with Crippen LogP contribution in [0.5, 0.6) is 5.75 Å². The first-order valence-corrected chi connectivity index (χ1v) is 6.26. The molecule has 0 bridgehead atoms. The van der Waals surface area contributed by atoms with Gasteiger partial charge in [-0.1, -0.05) is 30.3 Å². The van der Waals surface area contributed by atoms with Gasteiger partial charge in [-0.3, -0.25) is 0 Å². The van der Waals surface area contributed by atoms with Crippen LogP contribution in [0, 0.1) is 11.9 Å². The molecule has 0 saturated heterocycles. The van der Waals surface area contributed by atoms with E-state index in [0.29, 0.717) is 25.6 Å². The predicted molar refractivity (Wildman–Crippen MR) is 71.4 cm³/mol. The standard InChI is InChI=1S/C16H16FO2/c17-15-8-4-9-16(12-15)19-11-5-10-18-13-14-6-2-1-3-7-14/h1-4,6-8,12H,5,10-11,13H2. The molecule has 0 N–H and O–H groups in total. The zero-order valence-corrected chi connectivity index (χ0v) is 10.6. The molecular weight excluding hydrogens is 243 g/mol. The molecule has 0 aliphatic carbocycles. The first kappa shape index (κ1) is 13.6.